The van der Waals surface area contributed by atoms with Crippen LogP contribution in [0.1, 0.15) is 5.56 Å². The molecule has 0 aliphatic carbocycles. The van der Waals surface area contributed by atoms with Gasteiger partial charge in [-0.15, -0.1) is 0 Å². The third kappa shape index (κ3) is 3.77. The van der Waals surface area contributed by atoms with Gasteiger partial charge in [-0.25, -0.2) is 4.39 Å². The standard InChI is InChI=1S/C22H16FNO3S/c23-17-8-3-5-15(13-17)14-20-21(25)24(22(26)28-20)11-12-27-19-10-4-7-16-6-1-2-9-18(16)19/h1-10,13-14H,11-12H2/b20-14-. The number of halogens is 1. The molecule has 3 aromatic rings. The average molecular weight is 393 g/mol. The van der Waals surface area contributed by atoms with Crippen LogP contribution in [-0.2, 0) is 4.79 Å². The number of fused-ring (bicyclic) bond motifs is 1. The summed E-state index contributed by atoms with van der Waals surface area (Å²) in [5.74, 6) is -0.0716. The molecule has 4 rings (SSSR count). The van der Waals surface area contributed by atoms with Crippen LogP contribution < -0.4 is 4.74 Å². The smallest absolute Gasteiger partial charge is 0.293 e. The molecule has 4 nitrogen and oxygen atoms in total. The van der Waals surface area contributed by atoms with E-state index in [-0.39, 0.29) is 29.2 Å². The summed E-state index contributed by atoms with van der Waals surface area (Å²) in [6, 6.07) is 19.5. The minimum atomic E-state index is -0.392. The van der Waals surface area contributed by atoms with Crippen LogP contribution in [0.15, 0.2) is 71.6 Å². The number of thioether (sulfide) groups is 1. The maximum absolute atomic E-state index is 13.3. The Hall–Kier alpha value is -3.12. The van der Waals surface area contributed by atoms with E-state index in [1.165, 1.54) is 18.2 Å². The first-order chi connectivity index (χ1) is 13.6. The van der Waals surface area contributed by atoms with Crippen molar-refractivity contribution in [3.05, 3.63) is 83.0 Å². The van der Waals surface area contributed by atoms with Crippen molar-refractivity contribution in [1.82, 2.24) is 4.90 Å². The Kier molecular flexibility index (Phi) is 5.12. The number of nitrogens with zero attached hydrogens (tertiary/aromatic N) is 1. The molecule has 0 aromatic heterocycles. The number of amides is 2. The predicted molar refractivity (Wildman–Crippen MR) is 109 cm³/mol. The van der Waals surface area contributed by atoms with Crippen molar-refractivity contribution in [3.8, 4) is 5.75 Å². The minimum Gasteiger partial charge on any atom is -0.491 e. The van der Waals surface area contributed by atoms with Gasteiger partial charge >= 0.3 is 0 Å². The molecule has 2 amide bonds. The topological polar surface area (TPSA) is 46.6 Å². The van der Waals surface area contributed by atoms with E-state index in [0.29, 0.717) is 11.3 Å². The molecule has 0 saturated carbocycles. The highest BCUT2D eigenvalue weighted by Gasteiger charge is 2.34. The molecule has 0 spiro atoms. The van der Waals surface area contributed by atoms with E-state index in [1.807, 2.05) is 42.5 Å². The zero-order chi connectivity index (χ0) is 19.5. The number of imide groups is 1. The number of carbonyl (C=O) groups excluding carboxylic acids is 2. The lowest BCUT2D eigenvalue weighted by atomic mass is 10.1. The Bertz CT molecular complexity index is 1090. The van der Waals surface area contributed by atoms with E-state index in [9.17, 15) is 14.0 Å². The monoisotopic (exact) mass is 393 g/mol. The molecule has 3 aromatic carbocycles. The number of ether oxygens (including phenoxy) is 1. The Morgan fingerprint density at radius 1 is 1.00 bits per heavy atom. The van der Waals surface area contributed by atoms with E-state index >= 15 is 0 Å². The second-order valence-electron chi connectivity index (χ2n) is 6.21. The number of hydrogen-bond donors (Lipinski definition) is 0. The second-order valence-corrected chi connectivity index (χ2v) is 7.21. The van der Waals surface area contributed by atoms with Crippen molar-refractivity contribution < 1.29 is 18.7 Å². The van der Waals surface area contributed by atoms with E-state index < -0.39 is 5.82 Å². The van der Waals surface area contributed by atoms with Gasteiger partial charge in [0.15, 0.2) is 0 Å². The Labute approximate surface area is 165 Å². The summed E-state index contributed by atoms with van der Waals surface area (Å²) in [6.07, 6.45) is 1.53. The van der Waals surface area contributed by atoms with Crippen LogP contribution in [0.25, 0.3) is 16.8 Å². The number of hydrogen-bond acceptors (Lipinski definition) is 4. The summed E-state index contributed by atoms with van der Waals surface area (Å²) in [4.78, 5) is 26.2. The third-order valence-electron chi connectivity index (χ3n) is 4.34. The number of rotatable bonds is 5. The van der Waals surface area contributed by atoms with Crippen LogP contribution in [0.3, 0.4) is 0 Å². The van der Waals surface area contributed by atoms with Crippen LogP contribution >= 0.6 is 11.8 Å². The predicted octanol–water partition coefficient (Wildman–Crippen LogP) is 5.09. The molecule has 140 valence electrons. The van der Waals surface area contributed by atoms with Gasteiger partial charge in [0.25, 0.3) is 11.1 Å². The van der Waals surface area contributed by atoms with Gasteiger partial charge in [0.2, 0.25) is 0 Å². The van der Waals surface area contributed by atoms with Gasteiger partial charge in [0, 0.05) is 5.39 Å². The molecular formula is C22H16FNO3S. The van der Waals surface area contributed by atoms with E-state index in [1.54, 1.807) is 12.1 Å². The molecule has 0 atom stereocenters. The minimum absolute atomic E-state index is 0.147. The molecule has 0 radical (unpaired) electrons. The van der Waals surface area contributed by atoms with Crippen LogP contribution in [0.2, 0.25) is 0 Å². The Morgan fingerprint density at radius 3 is 2.64 bits per heavy atom. The van der Waals surface area contributed by atoms with E-state index in [2.05, 4.69) is 0 Å². The van der Waals surface area contributed by atoms with Crippen LogP contribution in [-0.4, -0.2) is 29.2 Å². The average Bonchev–Trinajstić information content (AvgIpc) is 2.95. The molecule has 1 fully saturated rings. The zero-order valence-corrected chi connectivity index (χ0v) is 15.6. The van der Waals surface area contributed by atoms with Crippen molar-refractivity contribution >= 4 is 39.8 Å². The molecule has 1 aliphatic rings. The summed E-state index contributed by atoms with van der Waals surface area (Å²) < 4.78 is 19.1. The highest BCUT2D eigenvalue weighted by molar-refractivity contribution is 8.18. The Balaban J connectivity index is 1.44. The second kappa shape index (κ2) is 7.86. The van der Waals surface area contributed by atoms with E-state index in [0.717, 1.165) is 27.4 Å². The van der Waals surface area contributed by atoms with Crippen LogP contribution in [0.5, 0.6) is 5.75 Å². The van der Waals surface area contributed by atoms with Gasteiger partial charge in [-0.2, -0.15) is 0 Å². The fourth-order valence-corrected chi connectivity index (χ4v) is 3.87. The van der Waals surface area contributed by atoms with Crippen molar-refractivity contribution in [3.63, 3.8) is 0 Å². The van der Waals surface area contributed by atoms with Crippen molar-refractivity contribution in [2.75, 3.05) is 13.2 Å². The molecular weight excluding hydrogens is 377 g/mol. The lowest BCUT2D eigenvalue weighted by Gasteiger charge is -2.14. The maximum atomic E-state index is 13.3. The first kappa shape index (κ1) is 18.3. The summed E-state index contributed by atoms with van der Waals surface area (Å²) >= 11 is 0.852. The number of carbonyl (C=O) groups is 2. The summed E-state index contributed by atoms with van der Waals surface area (Å²) in [5, 5.41) is 1.68. The first-order valence-corrected chi connectivity index (χ1v) is 9.55. The fourth-order valence-electron chi connectivity index (χ4n) is 3.01. The maximum Gasteiger partial charge on any atom is 0.293 e. The summed E-state index contributed by atoms with van der Waals surface area (Å²) in [5.41, 5.74) is 0.539. The fraction of sp³-hybridized carbons (Fsp3) is 0.0909. The van der Waals surface area contributed by atoms with Crippen molar-refractivity contribution in [1.29, 1.82) is 0 Å². The lowest BCUT2D eigenvalue weighted by molar-refractivity contribution is -0.123. The normalized spacial score (nSPS) is 15.6. The number of benzene rings is 3. The van der Waals surface area contributed by atoms with E-state index in [4.69, 9.17) is 4.74 Å². The lowest BCUT2D eigenvalue weighted by Crippen LogP contribution is -2.32. The third-order valence-corrected chi connectivity index (χ3v) is 5.25. The van der Waals surface area contributed by atoms with Crippen LogP contribution in [0.4, 0.5) is 9.18 Å². The molecule has 28 heavy (non-hydrogen) atoms. The largest absolute Gasteiger partial charge is 0.491 e. The summed E-state index contributed by atoms with van der Waals surface area (Å²) in [7, 11) is 0. The molecule has 0 bridgehead atoms. The summed E-state index contributed by atoms with van der Waals surface area (Å²) in [6.45, 7) is 0.341. The molecule has 1 saturated heterocycles. The van der Waals surface area contributed by atoms with Crippen molar-refractivity contribution in [2.45, 2.75) is 0 Å². The molecule has 1 heterocycles. The molecule has 0 unspecified atom stereocenters. The zero-order valence-electron chi connectivity index (χ0n) is 14.8. The van der Waals surface area contributed by atoms with Gasteiger partial charge in [-0.1, -0.05) is 48.5 Å². The molecule has 6 heteroatoms. The first-order valence-electron chi connectivity index (χ1n) is 8.73. The molecule has 1 aliphatic heterocycles. The highest BCUT2D eigenvalue weighted by Crippen LogP contribution is 2.32. The van der Waals surface area contributed by atoms with Gasteiger partial charge in [0.1, 0.15) is 18.2 Å². The Morgan fingerprint density at radius 2 is 1.79 bits per heavy atom. The molecule has 0 N–H and O–H groups in total. The quantitative estimate of drug-likeness (QED) is 0.566. The van der Waals surface area contributed by atoms with Crippen molar-refractivity contribution in [2.24, 2.45) is 0 Å². The van der Waals surface area contributed by atoms with Gasteiger partial charge < -0.3 is 4.74 Å². The van der Waals surface area contributed by atoms with Gasteiger partial charge in [-0.05, 0) is 47.0 Å². The van der Waals surface area contributed by atoms with Crippen LogP contribution in [0, 0.1) is 5.82 Å². The SMILES string of the molecule is O=C1S/C(=C\c2cccc(F)c2)C(=O)N1CCOc1cccc2ccccc12. The highest BCUT2D eigenvalue weighted by atomic mass is 32.2. The van der Waals surface area contributed by atoms with Gasteiger partial charge in [0.05, 0.1) is 11.4 Å². The van der Waals surface area contributed by atoms with Gasteiger partial charge in [-0.3, -0.25) is 14.5 Å².